The number of fused-ring (bicyclic) bond motifs is 1. The van der Waals surface area contributed by atoms with Crippen molar-refractivity contribution < 1.29 is 0 Å². The fourth-order valence-corrected chi connectivity index (χ4v) is 4.48. The molecule has 0 aliphatic heterocycles. The first-order valence-electron chi connectivity index (χ1n) is 9.98. The highest BCUT2D eigenvalue weighted by Crippen LogP contribution is 2.40. The van der Waals surface area contributed by atoms with Crippen LogP contribution in [0, 0.1) is 17.8 Å². The summed E-state index contributed by atoms with van der Waals surface area (Å²) >= 11 is 0. The van der Waals surface area contributed by atoms with Gasteiger partial charge < -0.3 is 5.73 Å². The standard InChI is InChI=1S/C23H23N5/c24-23-25-13-17(14-26-23)7-6-16-8-10-20(12-16)28-15-19-9-11-21(22(19)27-28)18-4-2-1-3-5-18/h1-5,13-16,20-21H,8-12H2,(H2,24,25,26). The molecule has 5 nitrogen and oxygen atoms in total. The van der Waals surface area contributed by atoms with Gasteiger partial charge in [0.25, 0.3) is 0 Å². The van der Waals surface area contributed by atoms with Crippen molar-refractivity contribution in [3.05, 3.63) is 71.3 Å². The van der Waals surface area contributed by atoms with Crippen LogP contribution in [0.2, 0.25) is 0 Å². The Kier molecular flexibility index (Phi) is 4.32. The summed E-state index contributed by atoms with van der Waals surface area (Å²) in [5, 5.41) is 5.03. The zero-order valence-electron chi connectivity index (χ0n) is 15.8. The van der Waals surface area contributed by atoms with Crippen LogP contribution >= 0.6 is 0 Å². The molecule has 0 spiro atoms. The summed E-state index contributed by atoms with van der Waals surface area (Å²) in [7, 11) is 0. The Morgan fingerprint density at radius 1 is 1.04 bits per heavy atom. The summed E-state index contributed by atoms with van der Waals surface area (Å²) in [4.78, 5) is 7.99. The number of nitrogens with zero attached hydrogens (tertiary/aromatic N) is 4. The molecule has 0 bridgehead atoms. The molecule has 0 radical (unpaired) electrons. The van der Waals surface area contributed by atoms with Gasteiger partial charge in [-0.05, 0) is 43.2 Å². The summed E-state index contributed by atoms with van der Waals surface area (Å²) in [6, 6.07) is 11.2. The second kappa shape index (κ2) is 7.12. The van der Waals surface area contributed by atoms with E-state index in [9.17, 15) is 0 Å². The number of rotatable bonds is 2. The lowest BCUT2D eigenvalue weighted by molar-refractivity contribution is 0.451. The Labute approximate surface area is 165 Å². The number of benzene rings is 1. The Balaban J connectivity index is 1.29. The Morgan fingerprint density at radius 2 is 1.86 bits per heavy atom. The maximum atomic E-state index is 5.52. The average Bonchev–Trinajstić information content (AvgIpc) is 3.43. The molecule has 1 fully saturated rings. The van der Waals surface area contributed by atoms with E-state index in [1.54, 1.807) is 12.4 Å². The molecule has 5 rings (SSSR count). The molecule has 28 heavy (non-hydrogen) atoms. The van der Waals surface area contributed by atoms with Crippen molar-refractivity contribution >= 4 is 5.95 Å². The Hall–Kier alpha value is -3.13. The molecular weight excluding hydrogens is 346 g/mol. The number of hydrogen-bond acceptors (Lipinski definition) is 4. The molecule has 2 heterocycles. The molecule has 0 saturated heterocycles. The number of aromatic nitrogens is 4. The summed E-state index contributed by atoms with van der Waals surface area (Å²) in [5.41, 5.74) is 10.4. The van der Waals surface area contributed by atoms with Gasteiger partial charge in [0.1, 0.15) is 0 Å². The second-order valence-electron chi connectivity index (χ2n) is 7.78. The van der Waals surface area contributed by atoms with Crippen LogP contribution in [-0.2, 0) is 6.42 Å². The minimum atomic E-state index is 0.284. The van der Waals surface area contributed by atoms with Crippen LogP contribution in [0.25, 0.3) is 0 Å². The van der Waals surface area contributed by atoms with Gasteiger partial charge >= 0.3 is 0 Å². The monoisotopic (exact) mass is 369 g/mol. The van der Waals surface area contributed by atoms with Gasteiger partial charge in [-0.1, -0.05) is 42.2 Å². The largest absolute Gasteiger partial charge is 0.368 e. The van der Waals surface area contributed by atoms with Gasteiger partial charge in [0.2, 0.25) is 5.95 Å². The third kappa shape index (κ3) is 3.27. The molecule has 2 aromatic heterocycles. The molecular formula is C23H23N5. The third-order valence-electron chi connectivity index (χ3n) is 5.95. The first-order chi connectivity index (χ1) is 13.8. The minimum Gasteiger partial charge on any atom is -0.368 e. The zero-order valence-corrected chi connectivity index (χ0v) is 15.8. The Bertz CT molecular complexity index is 1030. The molecule has 5 heteroatoms. The van der Waals surface area contributed by atoms with Gasteiger partial charge in [0, 0.05) is 30.4 Å². The number of anilines is 1. The summed E-state index contributed by atoms with van der Waals surface area (Å²) in [6.45, 7) is 0. The molecule has 0 amide bonds. The van der Waals surface area contributed by atoms with E-state index >= 15 is 0 Å². The summed E-state index contributed by atoms with van der Waals surface area (Å²) in [6.07, 6.45) is 11.3. The highest BCUT2D eigenvalue weighted by molar-refractivity contribution is 5.37. The SMILES string of the molecule is Nc1ncc(C#CC2CCC(n3cc4c(n3)C(c3ccccc3)CC4)C2)cn1. The van der Waals surface area contributed by atoms with Gasteiger partial charge in [-0.15, -0.1) is 0 Å². The zero-order chi connectivity index (χ0) is 18.9. The lowest BCUT2D eigenvalue weighted by atomic mass is 9.97. The van der Waals surface area contributed by atoms with Crippen molar-refractivity contribution in [3.63, 3.8) is 0 Å². The molecule has 3 aromatic rings. The highest BCUT2D eigenvalue weighted by Gasteiger charge is 2.31. The molecule has 1 aromatic carbocycles. The van der Waals surface area contributed by atoms with Crippen LogP contribution in [0.1, 0.15) is 60.0 Å². The second-order valence-corrected chi connectivity index (χ2v) is 7.78. The predicted octanol–water partition coefficient (Wildman–Crippen LogP) is 3.73. The fraction of sp³-hybridized carbons (Fsp3) is 0.348. The number of aryl methyl sites for hydroxylation is 1. The van der Waals surface area contributed by atoms with E-state index in [1.165, 1.54) is 23.2 Å². The van der Waals surface area contributed by atoms with Crippen LogP contribution in [0.15, 0.2) is 48.9 Å². The normalized spacial score (nSPS) is 23.2. The van der Waals surface area contributed by atoms with Crippen LogP contribution in [0.4, 0.5) is 5.95 Å². The van der Waals surface area contributed by atoms with Crippen LogP contribution in [-0.4, -0.2) is 19.7 Å². The fourth-order valence-electron chi connectivity index (χ4n) is 4.48. The topological polar surface area (TPSA) is 69.6 Å². The maximum absolute atomic E-state index is 5.52. The highest BCUT2D eigenvalue weighted by atomic mass is 15.3. The number of hydrogen-bond donors (Lipinski definition) is 1. The van der Waals surface area contributed by atoms with E-state index in [0.717, 1.165) is 31.2 Å². The summed E-state index contributed by atoms with van der Waals surface area (Å²) in [5.74, 6) is 7.71. The van der Waals surface area contributed by atoms with E-state index in [1.807, 2.05) is 0 Å². The molecule has 1 saturated carbocycles. The first-order valence-corrected chi connectivity index (χ1v) is 9.98. The van der Waals surface area contributed by atoms with Gasteiger partial charge in [-0.2, -0.15) is 5.10 Å². The van der Waals surface area contributed by atoms with Crippen molar-refractivity contribution in [1.82, 2.24) is 19.7 Å². The smallest absolute Gasteiger partial charge is 0.219 e. The first kappa shape index (κ1) is 17.0. The molecule has 3 unspecified atom stereocenters. The molecule has 3 atom stereocenters. The lowest BCUT2D eigenvalue weighted by Gasteiger charge is -2.13. The van der Waals surface area contributed by atoms with E-state index in [4.69, 9.17) is 10.8 Å². The number of nitrogens with two attached hydrogens (primary N) is 1. The van der Waals surface area contributed by atoms with Gasteiger partial charge in [-0.3, -0.25) is 4.68 Å². The molecule has 2 N–H and O–H groups in total. The van der Waals surface area contributed by atoms with Gasteiger partial charge in [-0.25, -0.2) is 9.97 Å². The van der Waals surface area contributed by atoms with Crippen molar-refractivity contribution in [2.75, 3.05) is 5.73 Å². The minimum absolute atomic E-state index is 0.284. The van der Waals surface area contributed by atoms with E-state index in [0.29, 0.717) is 17.9 Å². The maximum Gasteiger partial charge on any atom is 0.219 e. The van der Waals surface area contributed by atoms with Gasteiger partial charge in [0.15, 0.2) is 0 Å². The quantitative estimate of drug-likeness (QED) is 0.699. The van der Waals surface area contributed by atoms with E-state index < -0.39 is 0 Å². The van der Waals surface area contributed by atoms with Crippen LogP contribution in [0.3, 0.4) is 0 Å². The Morgan fingerprint density at radius 3 is 2.68 bits per heavy atom. The van der Waals surface area contributed by atoms with E-state index in [-0.39, 0.29) is 5.95 Å². The van der Waals surface area contributed by atoms with Crippen LogP contribution in [0.5, 0.6) is 0 Å². The summed E-state index contributed by atoms with van der Waals surface area (Å²) < 4.78 is 2.22. The predicted molar refractivity (Wildman–Crippen MR) is 109 cm³/mol. The average molecular weight is 369 g/mol. The third-order valence-corrected chi connectivity index (χ3v) is 5.95. The van der Waals surface area contributed by atoms with E-state index in [2.05, 4.69) is 63.0 Å². The van der Waals surface area contributed by atoms with Gasteiger partial charge in [0.05, 0.1) is 17.3 Å². The van der Waals surface area contributed by atoms with Crippen molar-refractivity contribution in [2.24, 2.45) is 5.92 Å². The van der Waals surface area contributed by atoms with Crippen molar-refractivity contribution in [2.45, 2.75) is 44.1 Å². The number of nitrogen functional groups attached to an aromatic ring is 1. The van der Waals surface area contributed by atoms with Crippen molar-refractivity contribution in [3.8, 4) is 11.8 Å². The molecule has 140 valence electrons. The van der Waals surface area contributed by atoms with Crippen LogP contribution < -0.4 is 5.73 Å². The molecule has 2 aliphatic rings. The van der Waals surface area contributed by atoms with Crippen molar-refractivity contribution in [1.29, 1.82) is 0 Å². The molecule has 2 aliphatic carbocycles. The lowest BCUT2D eigenvalue weighted by Crippen LogP contribution is -2.08.